The first-order chi connectivity index (χ1) is 10.0. The lowest BCUT2D eigenvalue weighted by atomic mass is 9.94. The number of H-pyrrole nitrogens is 1. The standard InChI is InChI=1S/C16H21N3O2/c1-16(2)9-11(7-8-21-16)17-10-14-18-13-6-4-3-5-12(13)15(20)19-14/h3-6,11,17H,7-10H2,1-2H3,(H,18,19,20). The first-order valence-corrected chi connectivity index (χ1v) is 7.39. The van der Waals surface area contributed by atoms with Crippen LogP contribution in [0.3, 0.4) is 0 Å². The molecule has 1 aromatic carbocycles. The highest BCUT2D eigenvalue weighted by atomic mass is 16.5. The second kappa shape index (κ2) is 5.58. The molecule has 2 heterocycles. The second-order valence-corrected chi connectivity index (χ2v) is 6.21. The van der Waals surface area contributed by atoms with Crippen LogP contribution in [0.25, 0.3) is 10.9 Å². The van der Waals surface area contributed by atoms with E-state index in [2.05, 4.69) is 29.1 Å². The van der Waals surface area contributed by atoms with Crippen LogP contribution in [0.4, 0.5) is 0 Å². The van der Waals surface area contributed by atoms with Crippen molar-refractivity contribution in [3.63, 3.8) is 0 Å². The highest BCUT2D eigenvalue weighted by Gasteiger charge is 2.28. The van der Waals surface area contributed by atoms with E-state index in [1.165, 1.54) is 0 Å². The van der Waals surface area contributed by atoms with Crippen molar-refractivity contribution in [1.29, 1.82) is 0 Å². The molecule has 3 rings (SSSR count). The molecule has 21 heavy (non-hydrogen) atoms. The quantitative estimate of drug-likeness (QED) is 0.905. The van der Waals surface area contributed by atoms with Crippen LogP contribution in [0, 0.1) is 0 Å². The number of ether oxygens (including phenoxy) is 1. The Hall–Kier alpha value is -1.72. The van der Waals surface area contributed by atoms with Crippen LogP contribution in [0.2, 0.25) is 0 Å². The summed E-state index contributed by atoms with van der Waals surface area (Å²) < 4.78 is 5.71. The number of aromatic nitrogens is 2. The molecule has 2 N–H and O–H groups in total. The average molecular weight is 287 g/mol. The Morgan fingerprint density at radius 2 is 2.24 bits per heavy atom. The van der Waals surface area contributed by atoms with Crippen LogP contribution in [0.15, 0.2) is 29.1 Å². The van der Waals surface area contributed by atoms with Crippen molar-refractivity contribution in [2.24, 2.45) is 0 Å². The fourth-order valence-corrected chi connectivity index (χ4v) is 2.87. The van der Waals surface area contributed by atoms with Crippen molar-refractivity contribution in [3.05, 3.63) is 40.4 Å². The smallest absolute Gasteiger partial charge is 0.258 e. The Kier molecular flexibility index (Phi) is 3.78. The number of hydrogen-bond acceptors (Lipinski definition) is 4. The van der Waals surface area contributed by atoms with Crippen molar-refractivity contribution in [1.82, 2.24) is 15.3 Å². The molecule has 5 nitrogen and oxygen atoms in total. The summed E-state index contributed by atoms with van der Waals surface area (Å²) in [6.07, 6.45) is 1.95. The molecule has 1 aliphatic rings. The zero-order chi connectivity index (χ0) is 14.9. The molecule has 1 saturated heterocycles. The second-order valence-electron chi connectivity index (χ2n) is 6.21. The van der Waals surface area contributed by atoms with E-state index in [0.29, 0.717) is 23.8 Å². The zero-order valence-corrected chi connectivity index (χ0v) is 12.5. The fourth-order valence-electron chi connectivity index (χ4n) is 2.87. The van der Waals surface area contributed by atoms with Crippen molar-refractivity contribution in [2.45, 2.75) is 44.9 Å². The van der Waals surface area contributed by atoms with Crippen LogP contribution in [0.1, 0.15) is 32.5 Å². The Labute approximate surface area is 123 Å². The summed E-state index contributed by atoms with van der Waals surface area (Å²) in [4.78, 5) is 19.4. The maximum atomic E-state index is 12.0. The van der Waals surface area contributed by atoms with Gasteiger partial charge in [0.1, 0.15) is 5.82 Å². The number of aromatic amines is 1. The first kappa shape index (κ1) is 14.2. The molecule has 0 spiro atoms. The molecule has 1 unspecified atom stereocenters. The number of benzene rings is 1. The summed E-state index contributed by atoms with van der Waals surface area (Å²) in [5.74, 6) is 0.683. The molecular formula is C16H21N3O2. The number of rotatable bonds is 3. The maximum Gasteiger partial charge on any atom is 0.258 e. The van der Waals surface area contributed by atoms with Gasteiger partial charge < -0.3 is 15.0 Å². The minimum absolute atomic E-state index is 0.0790. The summed E-state index contributed by atoms with van der Waals surface area (Å²) in [7, 11) is 0. The molecule has 1 atom stereocenters. The minimum atomic E-state index is -0.0832. The van der Waals surface area contributed by atoms with E-state index in [0.717, 1.165) is 25.0 Å². The summed E-state index contributed by atoms with van der Waals surface area (Å²) in [6, 6.07) is 7.80. The third-order valence-electron chi connectivity index (χ3n) is 3.92. The van der Waals surface area contributed by atoms with Gasteiger partial charge in [0.25, 0.3) is 5.56 Å². The Bertz CT molecular complexity index is 693. The Morgan fingerprint density at radius 3 is 3.05 bits per heavy atom. The van der Waals surface area contributed by atoms with E-state index < -0.39 is 0 Å². The van der Waals surface area contributed by atoms with Crippen molar-refractivity contribution < 1.29 is 4.74 Å². The molecule has 112 valence electrons. The van der Waals surface area contributed by atoms with Gasteiger partial charge >= 0.3 is 0 Å². The monoisotopic (exact) mass is 287 g/mol. The van der Waals surface area contributed by atoms with Crippen LogP contribution in [-0.4, -0.2) is 28.2 Å². The SMILES string of the molecule is CC1(C)CC(NCc2nc3ccccc3c(=O)[nH]2)CCO1. The van der Waals surface area contributed by atoms with Gasteiger partial charge in [-0.05, 0) is 38.8 Å². The fraction of sp³-hybridized carbons (Fsp3) is 0.500. The van der Waals surface area contributed by atoms with Crippen LogP contribution >= 0.6 is 0 Å². The van der Waals surface area contributed by atoms with Gasteiger partial charge in [0.05, 0.1) is 23.0 Å². The molecule has 1 aliphatic heterocycles. The summed E-state index contributed by atoms with van der Waals surface area (Å²) >= 11 is 0. The number of fused-ring (bicyclic) bond motifs is 1. The third-order valence-corrected chi connectivity index (χ3v) is 3.92. The van der Waals surface area contributed by atoms with Gasteiger partial charge in [-0.2, -0.15) is 0 Å². The number of hydrogen-bond donors (Lipinski definition) is 2. The molecule has 0 radical (unpaired) electrons. The zero-order valence-electron chi connectivity index (χ0n) is 12.5. The number of nitrogens with one attached hydrogen (secondary N) is 2. The van der Waals surface area contributed by atoms with Gasteiger partial charge in [0, 0.05) is 12.6 Å². The van der Waals surface area contributed by atoms with Crippen LogP contribution in [0.5, 0.6) is 0 Å². The van der Waals surface area contributed by atoms with Crippen molar-refractivity contribution in [2.75, 3.05) is 6.61 Å². The lowest BCUT2D eigenvalue weighted by Gasteiger charge is -2.35. The highest BCUT2D eigenvalue weighted by Crippen LogP contribution is 2.23. The predicted octanol–water partition coefficient (Wildman–Crippen LogP) is 1.97. The molecule has 0 aliphatic carbocycles. The van der Waals surface area contributed by atoms with E-state index in [1.807, 2.05) is 18.2 Å². The molecule has 0 amide bonds. The molecular weight excluding hydrogens is 266 g/mol. The van der Waals surface area contributed by atoms with E-state index in [9.17, 15) is 4.79 Å². The molecule has 1 aromatic heterocycles. The van der Waals surface area contributed by atoms with Gasteiger partial charge in [-0.3, -0.25) is 4.79 Å². The normalized spacial score (nSPS) is 21.5. The van der Waals surface area contributed by atoms with E-state index in [-0.39, 0.29) is 11.2 Å². The maximum absolute atomic E-state index is 12.0. The van der Waals surface area contributed by atoms with Crippen molar-refractivity contribution >= 4 is 10.9 Å². The summed E-state index contributed by atoms with van der Waals surface area (Å²) in [5, 5.41) is 4.11. The molecule has 2 aromatic rings. The molecule has 1 fully saturated rings. The summed E-state index contributed by atoms with van der Waals surface area (Å²) in [6.45, 7) is 5.56. The van der Waals surface area contributed by atoms with Gasteiger partial charge in [0.2, 0.25) is 0 Å². The van der Waals surface area contributed by atoms with Gasteiger partial charge in [-0.15, -0.1) is 0 Å². The van der Waals surface area contributed by atoms with E-state index >= 15 is 0 Å². The minimum Gasteiger partial charge on any atom is -0.375 e. The first-order valence-electron chi connectivity index (χ1n) is 7.39. The van der Waals surface area contributed by atoms with E-state index in [4.69, 9.17) is 4.74 Å². The van der Waals surface area contributed by atoms with Gasteiger partial charge in [-0.25, -0.2) is 4.98 Å². The van der Waals surface area contributed by atoms with Crippen molar-refractivity contribution in [3.8, 4) is 0 Å². The summed E-state index contributed by atoms with van der Waals surface area (Å²) in [5.41, 5.74) is 0.579. The lowest BCUT2D eigenvalue weighted by molar-refractivity contribution is -0.0631. The third kappa shape index (κ3) is 3.31. The van der Waals surface area contributed by atoms with Gasteiger partial charge in [0.15, 0.2) is 0 Å². The molecule has 5 heteroatoms. The number of nitrogens with zero attached hydrogens (tertiary/aromatic N) is 1. The topological polar surface area (TPSA) is 67.0 Å². The Balaban J connectivity index is 1.72. The molecule has 0 bridgehead atoms. The average Bonchev–Trinajstić information content (AvgIpc) is 2.44. The predicted molar refractivity (Wildman–Crippen MR) is 82.3 cm³/mol. The molecule has 0 saturated carbocycles. The largest absolute Gasteiger partial charge is 0.375 e. The van der Waals surface area contributed by atoms with Crippen LogP contribution < -0.4 is 10.9 Å². The van der Waals surface area contributed by atoms with Gasteiger partial charge in [-0.1, -0.05) is 12.1 Å². The van der Waals surface area contributed by atoms with Crippen LogP contribution in [-0.2, 0) is 11.3 Å². The van der Waals surface area contributed by atoms with E-state index in [1.54, 1.807) is 6.07 Å². The lowest BCUT2D eigenvalue weighted by Crippen LogP contribution is -2.43. The number of para-hydroxylation sites is 1. The Morgan fingerprint density at radius 1 is 1.43 bits per heavy atom. The highest BCUT2D eigenvalue weighted by molar-refractivity contribution is 5.77.